The molecule has 0 heterocycles. The second-order valence-corrected chi connectivity index (χ2v) is 3.66. The quantitative estimate of drug-likeness (QED) is 0.622. The van der Waals surface area contributed by atoms with Crippen LogP contribution >= 0.6 is 12.4 Å². The first-order valence-electron chi connectivity index (χ1n) is 4.05. The molecule has 2 saturated carbocycles. The van der Waals surface area contributed by atoms with Gasteiger partial charge in [0.1, 0.15) is 0 Å². The Morgan fingerprint density at radius 3 is 2.67 bits per heavy atom. The van der Waals surface area contributed by atoms with Crippen molar-refractivity contribution in [2.75, 3.05) is 7.11 Å². The minimum absolute atomic E-state index is 0. The van der Waals surface area contributed by atoms with Gasteiger partial charge in [0.05, 0.1) is 12.5 Å². The van der Waals surface area contributed by atoms with Crippen molar-refractivity contribution in [3.8, 4) is 0 Å². The Morgan fingerprint density at radius 2 is 2.33 bits per heavy atom. The zero-order chi connectivity index (χ0) is 8.06. The van der Waals surface area contributed by atoms with Crippen LogP contribution in [0.4, 0.5) is 0 Å². The molecule has 3 atom stereocenters. The van der Waals surface area contributed by atoms with Crippen molar-refractivity contribution in [1.82, 2.24) is 0 Å². The van der Waals surface area contributed by atoms with Gasteiger partial charge >= 0.3 is 5.97 Å². The number of hydrogen-bond acceptors (Lipinski definition) is 3. The number of esters is 1. The van der Waals surface area contributed by atoms with Crippen LogP contribution in [0.15, 0.2) is 0 Å². The largest absolute Gasteiger partial charge is 0.469 e. The van der Waals surface area contributed by atoms with E-state index in [1.165, 1.54) is 7.11 Å². The third-order valence-electron chi connectivity index (χ3n) is 3.17. The van der Waals surface area contributed by atoms with Gasteiger partial charge in [-0.3, -0.25) is 4.79 Å². The van der Waals surface area contributed by atoms with Gasteiger partial charge in [-0.2, -0.15) is 0 Å². The normalized spacial score (nSPS) is 42.8. The maximum atomic E-state index is 11.2. The fourth-order valence-electron chi connectivity index (χ4n) is 2.35. The number of carbonyl (C=O) groups excluding carboxylic acids is 1. The number of ether oxygens (including phenoxy) is 1. The molecule has 0 spiro atoms. The van der Waals surface area contributed by atoms with Gasteiger partial charge in [-0.05, 0) is 25.2 Å². The fraction of sp³-hybridized carbons (Fsp3) is 0.875. The van der Waals surface area contributed by atoms with Gasteiger partial charge in [-0.15, -0.1) is 12.4 Å². The summed E-state index contributed by atoms with van der Waals surface area (Å²) in [6, 6.07) is 0.245. The molecule has 2 aliphatic carbocycles. The van der Waals surface area contributed by atoms with Gasteiger partial charge < -0.3 is 10.5 Å². The van der Waals surface area contributed by atoms with E-state index in [2.05, 4.69) is 0 Å². The molecule has 0 unspecified atom stereocenters. The minimum atomic E-state index is -0.145. The standard InChI is InChI=1S/C8H13NO2.ClH/c1-11-7(10)8-3-2-6(9)5(8)4-8;/h5-6H,2-4,9H2,1H3;1H/t5-,6-,8+;/m0./s1. The molecule has 4 heteroatoms. The first-order chi connectivity index (χ1) is 5.20. The van der Waals surface area contributed by atoms with E-state index in [9.17, 15) is 4.79 Å². The number of hydrogen-bond donors (Lipinski definition) is 1. The summed E-state index contributed by atoms with van der Waals surface area (Å²) < 4.78 is 4.73. The summed E-state index contributed by atoms with van der Waals surface area (Å²) in [5, 5.41) is 0. The van der Waals surface area contributed by atoms with Gasteiger partial charge in [-0.25, -0.2) is 0 Å². The lowest BCUT2D eigenvalue weighted by atomic mass is 10.1. The lowest BCUT2D eigenvalue weighted by molar-refractivity contribution is -0.147. The predicted octanol–water partition coefficient (Wildman–Crippen LogP) is 0.709. The molecule has 0 aliphatic heterocycles. The summed E-state index contributed by atoms with van der Waals surface area (Å²) in [6.45, 7) is 0. The Hall–Kier alpha value is -0.280. The summed E-state index contributed by atoms with van der Waals surface area (Å²) in [5.74, 6) is 0.380. The van der Waals surface area contributed by atoms with Crippen LogP contribution in [0.3, 0.4) is 0 Å². The maximum absolute atomic E-state index is 11.2. The first kappa shape index (κ1) is 9.81. The molecule has 2 rings (SSSR count). The van der Waals surface area contributed by atoms with Crippen LogP contribution in [0.1, 0.15) is 19.3 Å². The number of methoxy groups -OCH3 is 1. The highest BCUT2D eigenvalue weighted by Crippen LogP contribution is 2.63. The summed E-state index contributed by atoms with van der Waals surface area (Å²) in [7, 11) is 1.45. The van der Waals surface area contributed by atoms with Gasteiger partial charge in [0.2, 0.25) is 0 Å². The molecule has 2 aliphatic rings. The van der Waals surface area contributed by atoms with Crippen molar-refractivity contribution in [3.05, 3.63) is 0 Å². The molecule has 2 N–H and O–H groups in total. The van der Waals surface area contributed by atoms with Gasteiger partial charge in [0.15, 0.2) is 0 Å². The zero-order valence-electron chi connectivity index (χ0n) is 7.08. The van der Waals surface area contributed by atoms with Crippen LogP contribution in [-0.4, -0.2) is 19.1 Å². The highest BCUT2D eigenvalue weighted by Gasteiger charge is 2.66. The second kappa shape index (κ2) is 2.89. The summed E-state index contributed by atoms with van der Waals surface area (Å²) in [6.07, 6.45) is 2.88. The van der Waals surface area contributed by atoms with Crippen LogP contribution in [0.25, 0.3) is 0 Å². The van der Waals surface area contributed by atoms with Gasteiger partial charge in [0, 0.05) is 6.04 Å². The van der Waals surface area contributed by atoms with E-state index >= 15 is 0 Å². The third kappa shape index (κ3) is 1.04. The number of rotatable bonds is 1. The molecule has 12 heavy (non-hydrogen) atoms. The van der Waals surface area contributed by atoms with E-state index in [4.69, 9.17) is 10.5 Å². The molecule has 0 aromatic carbocycles. The Kier molecular flexibility index (Phi) is 2.36. The minimum Gasteiger partial charge on any atom is -0.469 e. The monoisotopic (exact) mass is 191 g/mol. The summed E-state index contributed by atoms with van der Waals surface area (Å²) in [4.78, 5) is 11.2. The lowest BCUT2D eigenvalue weighted by Gasteiger charge is -2.06. The predicted molar refractivity (Wildman–Crippen MR) is 47.0 cm³/mol. The Morgan fingerprint density at radius 1 is 1.67 bits per heavy atom. The molecule has 3 nitrogen and oxygen atoms in total. The molecule has 0 bridgehead atoms. The Bertz CT molecular complexity index is 209. The van der Waals surface area contributed by atoms with Crippen molar-refractivity contribution in [1.29, 1.82) is 0 Å². The second-order valence-electron chi connectivity index (χ2n) is 3.66. The molecule has 0 radical (unpaired) electrons. The van der Waals surface area contributed by atoms with Gasteiger partial charge in [0.25, 0.3) is 0 Å². The number of nitrogens with two attached hydrogens (primary N) is 1. The van der Waals surface area contributed by atoms with Crippen molar-refractivity contribution < 1.29 is 9.53 Å². The highest BCUT2D eigenvalue weighted by molar-refractivity contribution is 5.85. The molecule has 0 aromatic heterocycles. The van der Waals surface area contributed by atoms with Crippen LogP contribution in [0.5, 0.6) is 0 Å². The molecule has 0 amide bonds. The summed E-state index contributed by atoms with van der Waals surface area (Å²) in [5.41, 5.74) is 5.65. The smallest absolute Gasteiger partial charge is 0.312 e. The number of carbonyl (C=O) groups is 1. The van der Waals surface area contributed by atoms with E-state index in [1.54, 1.807) is 0 Å². The molecular weight excluding hydrogens is 178 g/mol. The van der Waals surface area contributed by atoms with Crippen LogP contribution in [-0.2, 0) is 9.53 Å². The van der Waals surface area contributed by atoms with E-state index < -0.39 is 0 Å². The van der Waals surface area contributed by atoms with Crippen molar-refractivity contribution >= 4 is 18.4 Å². The first-order valence-corrected chi connectivity index (χ1v) is 4.05. The maximum Gasteiger partial charge on any atom is 0.312 e. The Balaban J connectivity index is 0.000000720. The number of fused-ring (bicyclic) bond motifs is 1. The molecule has 2 fully saturated rings. The van der Waals surface area contributed by atoms with E-state index in [1.807, 2.05) is 0 Å². The highest BCUT2D eigenvalue weighted by atomic mass is 35.5. The lowest BCUT2D eigenvalue weighted by Crippen LogP contribution is -2.20. The van der Waals surface area contributed by atoms with Crippen molar-refractivity contribution in [3.63, 3.8) is 0 Å². The average molecular weight is 192 g/mol. The van der Waals surface area contributed by atoms with Crippen LogP contribution in [0.2, 0.25) is 0 Å². The third-order valence-corrected chi connectivity index (χ3v) is 3.17. The Labute approximate surface area is 78.1 Å². The molecule has 0 saturated heterocycles. The SMILES string of the molecule is COC(=O)[C@@]12CC[C@H](N)[C@@H]1C2.Cl. The van der Waals surface area contributed by atoms with E-state index in [0.29, 0.717) is 5.92 Å². The average Bonchev–Trinajstić information content (AvgIpc) is 2.68. The topological polar surface area (TPSA) is 52.3 Å². The fourth-order valence-corrected chi connectivity index (χ4v) is 2.35. The van der Waals surface area contributed by atoms with E-state index in [0.717, 1.165) is 19.3 Å². The van der Waals surface area contributed by atoms with Crippen molar-refractivity contribution in [2.45, 2.75) is 25.3 Å². The zero-order valence-corrected chi connectivity index (χ0v) is 7.89. The van der Waals surface area contributed by atoms with Crippen LogP contribution < -0.4 is 5.73 Å². The molecule has 70 valence electrons. The van der Waals surface area contributed by atoms with Gasteiger partial charge in [-0.1, -0.05) is 0 Å². The van der Waals surface area contributed by atoms with Crippen molar-refractivity contribution in [2.24, 2.45) is 17.1 Å². The van der Waals surface area contributed by atoms with E-state index in [-0.39, 0.29) is 29.8 Å². The summed E-state index contributed by atoms with van der Waals surface area (Å²) >= 11 is 0. The molecular formula is C8H14ClNO2. The number of halogens is 1. The molecule has 0 aromatic rings. The van der Waals surface area contributed by atoms with Crippen LogP contribution in [0, 0.1) is 11.3 Å².